The summed E-state index contributed by atoms with van der Waals surface area (Å²) in [6, 6.07) is 4.86. The maximum atomic E-state index is 13.0. The number of nitrogens with zero attached hydrogens (tertiary/aromatic N) is 3. The second-order valence-electron chi connectivity index (χ2n) is 7.00. The number of imidazole rings is 1. The molecule has 1 saturated heterocycles. The van der Waals surface area contributed by atoms with Crippen molar-refractivity contribution in [2.75, 3.05) is 26.3 Å². The number of ether oxygens (including phenoxy) is 2. The van der Waals surface area contributed by atoms with Crippen molar-refractivity contribution in [3.05, 3.63) is 36.4 Å². The third-order valence-corrected chi connectivity index (χ3v) is 7.19. The van der Waals surface area contributed by atoms with Crippen LogP contribution < -0.4 is 9.47 Å². The summed E-state index contributed by atoms with van der Waals surface area (Å²) in [7, 11) is -3.52. The monoisotopic (exact) mass is 391 g/mol. The molecule has 2 aromatic rings. The molecule has 3 heterocycles. The van der Waals surface area contributed by atoms with Gasteiger partial charge in [-0.2, -0.15) is 4.31 Å². The van der Waals surface area contributed by atoms with Crippen molar-refractivity contribution in [1.29, 1.82) is 0 Å². The molecule has 27 heavy (non-hydrogen) atoms. The summed E-state index contributed by atoms with van der Waals surface area (Å²) in [5, 5.41) is 0. The Labute approximate surface area is 160 Å². The van der Waals surface area contributed by atoms with E-state index in [1.807, 2.05) is 12.4 Å². The predicted octanol–water partition coefficient (Wildman–Crippen LogP) is 2.32. The first-order chi connectivity index (χ1) is 13.1. The van der Waals surface area contributed by atoms with Gasteiger partial charge in [-0.25, -0.2) is 13.4 Å². The van der Waals surface area contributed by atoms with Gasteiger partial charge >= 0.3 is 0 Å². The fraction of sp³-hybridized carbons (Fsp3) is 0.526. The number of fused-ring (bicyclic) bond motifs is 1. The van der Waals surface area contributed by atoms with Gasteiger partial charge in [0.1, 0.15) is 19.0 Å². The molecule has 0 N–H and O–H groups in total. The Morgan fingerprint density at radius 1 is 1.15 bits per heavy atom. The van der Waals surface area contributed by atoms with Gasteiger partial charge in [-0.3, -0.25) is 0 Å². The highest BCUT2D eigenvalue weighted by Crippen LogP contribution is 2.34. The van der Waals surface area contributed by atoms with Crippen molar-refractivity contribution < 1.29 is 17.9 Å². The molecule has 4 rings (SSSR count). The molecule has 0 radical (unpaired) electrons. The first-order valence-corrected chi connectivity index (χ1v) is 10.9. The van der Waals surface area contributed by atoms with Crippen LogP contribution in [0, 0.1) is 5.92 Å². The maximum absolute atomic E-state index is 13.0. The SMILES string of the molecule is CCc1nccn1CC1CCN(S(=O)(=O)c2ccc3c(c2)OCCO3)CC1. The lowest BCUT2D eigenvalue weighted by Gasteiger charge is -2.31. The molecule has 1 fully saturated rings. The fourth-order valence-electron chi connectivity index (χ4n) is 3.76. The third-order valence-electron chi connectivity index (χ3n) is 5.30. The number of hydrogen-bond donors (Lipinski definition) is 0. The molecule has 1 aromatic carbocycles. The molecule has 0 saturated carbocycles. The van der Waals surface area contributed by atoms with Crippen LogP contribution in [0.15, 0.2) is 35.5 Å². The summed E-state index contributed by atoms with van der Waals surface area (Å²) >= 11 is 0. The Morgan fingerprint density at radius 2 is 1.89 bits per heavy atom. The second kappa shape index (κ2) is 7.52. The van der Waals surface area contributed by atoms with Gasteiger partial charge in [0.05, 0.1) is 4.90 Å². The minimum absolute atomic E-state index is 0.271. The standard InChI is InChI=1S/C19H25N3O4S/c1-2-19-20-7-10-21(19)14-15-5-8-22(9-6-15)27(23,24)16-3-4-17-18(13-16)26-12-11-25-17/h3-4,7,10,13,15H,2,5-6,8-9,11-12,14H2,1H3. The zero-order valence-corrected chi connectivity index (χ0v) is 16.3. The summed E-state index contributed by atoms with van der Waals surface area (Å²) in [5.74, 6) is 2.66. The topological polar surface area (TPSA) is 73.7 Å². The predicted molar refractivity (Wildman–Crippen MR) is 101 cm³/mol. The molecule has 8 heteroatoms. The number of aryl methyl sites for hydroxylation is 1. The fourth-order valence-corrected chi connectivity index (χ4v) is 5.25. The molecule has 2 aliphatic rings. The first kappa shape index (κ1) is 18.3. The second-order valence-corrected chi connectivity index (χ2v) is 8.94. The van der Waals surface area contributed by atoms with Gasteiger partial charge in [-0.15, -0.1) is 0 Å². The van der Waals surface area contributed by atoms with E-state index in [9.17, 15) is 8.42 Å². The van der Waals surface area contributed by atoms with Crippen molar-refractivity contribution in [3.63, 3.8) is 0 Å². The molecular formula is C19H25N3O4S. The van der Waals surface area contributed by atoms with Gasteiger partial charge in [-0.1, -0.05) is 6.92 Å². The number of sulfonamides is 1. The molecule has 0 atom stereocenters. The largest absolute Gasteiger partial charge is 0.486 e. The van der Waals surface area contributed by atoms with Crippen LogP contribution in [0.3, 0.4) is 0 Å². The molecular weight excluding hydrogens is 366 g/mol. The maximum Gasteiger partial charge on any atom is 0.243 e. The highest BCUT2D eigenvalue weighted by Gasteiger charge is 2.30. The van der Waals surface area contributed by atoms with Crippen LogP contribution in [-0.4, -0.2) is 48.6 Å². The number of piperidine rings is 1. The average molecular weight is 391 g/mol. The van der Waals surface area contributed by atoms with Gasteiger partial charge in [0.2, 0.25) is 10.0 Å². The Balaban J connectivity index is 1.42. The lowest BCUT2D eigenvalue weighted by atomic mass is 9.98. The van der Waals surface area contributed by atoms with Gasteiger partial charge in [-0.05, 0) is 30.9 Å². The van der Waals surface area contributed by atoms with E-state index in [0.29, 0.717) is 43.7 Å². The zero-order chi connectivity index (χ0) is 18.9. The molecule has 146 valence electrons. The number of hydrogen-bond acceptors (Lipinski definition) is 5. The Bertz CT molecular complexity index is 901. The van der Waals surface area contributed by atoms with Crippen LogP contribution in [-0.2, 0) is 23.0 Å². The van der Waals surface area contributed by atoms with Gasteiger partial charge in [0.15, 0.2) is 11.5 Å². The van der Waals surface area contributed by atoms with Crippen LogP contribution in [0.1, 0.15) is 25.6 Å². The smallest absolute Gasteiger partial charge is 0.243 e. The van der Waals surface area contributed by atoms with Crippen molar-refractivity contribution in [1.82, 2.24) is 13.9 Å². The van der Waals surface area contributed by atoms with Crippen molar-refractivity contribution >= 4 is 10.0 Å². The zero-order valence-electron chi connectivity index (χ0n) is 15.5. The summed E-state index contributed by atoms with van der Waals surface area (Å²) in [6.45, 7) is 5.01. The van der Waals surface area contributed by atoms with Crippen LogP contribution in [0.5, 0.6) is 11.5 Å². The molecule has 0 bridgehead atoms. The average Bonchev–Trinajstić information content (AvgIpc) is 3.15. The molecule has 0 unspecified atom stereocenters. The number of aromatic nitrogens is 2. The highest BCUT2D eigenvalue weighted by atomic mass is 32.2. The van der Waals surface area contributed by atoms with E-state index >= 15 is 0 Å². The minimum Gasteiger partial charge on any atom is -0.486 e. The van der Waals surface area contributed by atoms with Crippen LogP contribution in [0.2, 0.25) is 0 Å². The Morgan fingerprint density at radius 3 is 2.63 bits per heavy atom. The molecule has 0 aliphatic carbocycles. The molecule has 7 nitrogen and oxygen atoms in total. The van der Waals surface area contributed by atoms with E-state index in [0.717, 1.165) is 31.6 Å². The summed E-state index contributed by atoms with van der Waals surface area (Å²) < 4.78 is 40.8. The third kappa shape index (κ3) is 3.68. The van der Waals surface area contributed by atoms with E-state index in [1.165, 1.54) is 0 Å². The van der Waals surface area contributed by atoms with E-state index in [2.05, 4.69) is 16.5 Å². The van der Waals surface area contributed by atoms with Gasteiger partial charge in [0.25, 0.3) is 0 Å². The highest BCUT2D eigenvalue weighted by molar-refractivity contribution is 7.89. The molecule has 1 aromatic heterocycles. The van der Waals surface area contributed by atoms with Crippen LogP contribution in [0.25, 0.3) is 0 Å². The number of benzene rings is 1. The van der Waals surface area contributed by atoms with E-state index < -0.39 is 10.0 Å². The van der Waals surface area contributed by atoms with Crippen LogP contribution in [0.4, 0.5) is 0 Å². The van der Waals surface area contributed by atoms with E-state index in [1.54, 1.807) is 22.5 Å². The summed E-state index contributed by atoms with van der Waals surface area (Å²) in [4.78, 5) is 4.64. The van der Waals surface area contributed by atoms with E-state index in [-0.39, 0.29) is 4.90 Å². The van der Waals surface area contributed by atoms with Crippen molar-refractivity contribution in [2.24, 2.45) is 5.92 Å². The first-order valence-electron chi connectivity index (χ1n) is 9.47. The van der Waals surface area contributed by atoms with Crippen LogP contribution >= 0.6 is 0 Å². The van der Waals surface area contributed by atoms with Crippen molar-refractivity contribution in [2.45, 2.75) is 37.6 Å². The lowest BCUT2D eigenvalue weighted by Crippen LogP contribution is -2.39. The lowest BCUT2D eigenvalue weighted by molar-refractivity contribution is 0.171. The Hall–Kier alpha value is -2.06. The normalized spacial score (nSPS) is 18.6. The number of rotatable bonds is 5. The van der Waals surface area contributed by atoms with Gasteiger partial charge < -0.3 is 14.0 Å². The van der Waals surface area contributed by atoms with Crippen molar-refractivity contribution in [3.8, 4) is 11.5 Å². The Kier molecular flexibility index (Phi) is 5.10. The molecule has 0 amide bonds. The molecule has 2 aliphatic heterocycles. The quantitative estimate of drug-likeness (QED) is 0.782. The summed E-state index contributed by atoms with van der Waals surface area (Å²) in [5.41, 5.74) is 0. The summed E-state index contributed by atoms with van der Waals surface area (Å²) in [6.07, 6.45) is 6.46. The van der Waals surface area contributed by atoms with E-state index in [4.69, 9.17) is 9.47 Å². The van der Waals surface area contributed by atoms with Gasteiger partial charge in [0, 0.05) is 44.5 Å². The minimum atomic E-state index is -3.52. The molecule has 0 spiro atoms.